The second-order valence-electron chi connectivity index (χ2n) is 6.89. The van der Waals surface area contributed by atoms with Crippen molar-refractivity contribution >= 4 is 17.2 Å². The van der Waals surface area contributed by atoms with Crippen molar-refractivity contribution < 1.29 is 18.7 Å². The molecule has 0 aliphatic rings. The van der Waals surface area contributed by atoms with Crippen molar-refractivity contribution in [3.8, 4) is 5.75 Å². The van der Waals surface area contributed by atoms with Gasteiger partial charge in [-0.2, -0.15) is 0 Å². The lowest BCUT2D eigenvalue weighted by Gasteiger charge is -2.22. The summed E-state index contributed by atoms with van der Waals surface area (Å²) in [5.74, 6) is -0.0902. The second-order valence-corrected chi connectivity index (χ2v) is 7.83. The first-order chi connectivity index (χ1) is 14.6. The Bertz CT molecular complexity index is 959. The molecule has 0 bridgehead atoms. The fraction of sp³-hybridized carbons (Fsp3) is 0.304. The molecule has 0 fully saturated rings. The van der Waals surface area contributed by atoms with Gasteiger partial charge < -0.3 is 14.4 Å². The van der Waals surface area contributed by atoms with E-state index in [2.05, 4.69) is 4.98 Å². The Kier molecular flexibility index (Phi) is 7.93. The zero-order valence-electron chi connectivity index (χ0n) is 17.1. The van der Waals surface area contributed by atoms with Gasteiger partial charge in [-0.05, 0) is 37.6 Å². The van der Waals surface area contributed by atoms with Crippen LogP contribution >= 0.6 is 11.3 Å². The van der Waals surface area contributed by atoms with Crippen LogP contribution in [-0.4, -0.2) is 36.1 Å². The summed E-state index contributed by atoms with van der Waals surface area (Å²) < 4.78 is 25.0. The van der Waals surface area contributed by atoms with Crippen LogP contribution < -0.4 is 4.74 Å². The number of nitrogens with zero attached hydrogens (tertiary/aromatic N) is 2. The molecule has 0 N–H and O–H groups in total. The Morgan fingerprint density at radius 2 is 1.93 bits per heavy atom. The van der Waals surface area contributed by atoms with Gasteiger partial charge in [0, 0.05) is 25.6 Å². The quantitative estimate of drug-likeness (QED) is 0.433. The third kappa shape index (κ3) is 6.11. The van der Waals surface area contributed by atoms with Crippen LogP contribution in [0.3, 0.4) is 0 Å². The van der Waals surface area contributed by atoms with E-state index < -0.39 is 5.82 Å². The lowest BCUT2D eigenvalue weighted by atomic mass is 10.1. The minimum Gasteiger partial charge on any atom is -0.486 e. The number of aromatic nitrogens is 1. The standard InChI is InChI=1S/C23H25FN2O3S/c1-17-8-10-19(11-9-17)29-15-22-25-18(16-30-22)14-26(12-5-13-28-2)23(27)20-6-3-4-7-21(20)24/h3-4,6-11,16H,5,12-15H2,1-2H3. The van der Waals surface area contributed by atoms with E-state index in [-0.39, 0.29) is 11.5 Å². The molecule has 0 aliphatic heterocycles. The lowest BCUT2D eigenvalue weighted by molar-refractivity contribution is 0.0717. The summed E-state index contributed by atoms with van der Waals surface area (Å²) in [5, 5.41) is 2.73. The monoisotopic (exact) mass is 428 g/mol. The number of rotatable bonds is 10. The highest BCUT2D eigenvalue weighted by Crippen LogP contribution is 2.18. The number of carbonyl (C=O) groups is 1. The molecule has 3 rings (SSSR count). The van der Waals surface area contributed by atoms with E-state index >= 15 is 0 Å². The number of thiazole rings is 1. The molecule has 1 heterocycles. The molecular weight excluding hydrogens is 403 g/mol. The van der Waals surface area contributed by atoms with E-state index in [1.54, 1.807) is 24.1 Å². The summed E-state index contributed by atoms with van der Waals surface area (Å²) >= 11 is 1.48. The maximum Gasteiger partial charge on any atom is 0.257 e. The fourth-order valence-electron chi connectivity index (χ4n) is 2.92. The number of hydrogen-bond donors (Lipinski definition) is 0. The molecule has 0 aliphatic carbocycles. The van der Waals surface area contributed by atoms with Gasteiger partial charge in [-0.15, -0.1) is 11.3 Å². The van der Waals surface area contributed by atoms with E-state index in [4.69, 9.17) is 9.47 Å². The van der Waals surface area contributed by atoms with Crippen LogP contribution in [0.5, 0.6) is 5.75 Å². The lowest BCUT2D eigenvalue weighted by Crippen LogP contribution is -2.32. The SMILES string of the molecule is COCCCN(Cc1csc(COc2ccc(C)cc2)n1)C(=O)c1ccccc1F. The first kappa shape index (κ1) is 21.9. The van der Waals surface area contributed by atoms with E-state index in [0.717, 1.165) is 16.5 Å². The molecule has 0 spiro atoms. The molecule has 3 aromatic rings. The average molecular weight is 429 g/mol. The molecule has 2 aromatic carbocycles. The second kappa shape index (κ2) is 10.8. The zero-order valence-corrected chi connectivity index (χ0v) is 18.0. The Morgan fingerprint density at radius 3 is 2.67 bits per heavy atom. The summed E-state index contributed by atoms with van der Waals surface area (Å²) in [6.07, 6.45) is 0.657. The van der Waals surface area contributed by atoms with Gasteiger partial charge in [0.25, 0.3) is 5.91 Å². The Hall–Kier alpha value is -2.77. The van der Waals surface area contributed by atoms with Crippen molar-refractivity contribution in [3.63, 3.8) is 0 Å². The van der Waals surface area contributed by atoms with Gasteiger partial charge >= 0.3 is 0 Å². The van der Waals surface area contributed by atoms with E-state index in [1.807, 2.05) is 36.6 Å². The molecule has 0 radical (unpaired) electrons. The summed E-state index contributed by atoms with van der Waals surface area (Å²) in [6.45, 7) is 3.66. The van der Waals surface area contributed by atoms with Crippen molar-refractivity contribution in [2.45, 2.75) is 26.5 Å². The van der Waals surface area contributed by atoms with E-state index in [0.29, 0.717) is 32.7 Å². The number of halogens is 1. The number of aryl methyl sites for hydroxylation is 1. The topological polar surface area (TPSA) is 51.7 Å². The van der Waals surface area contributed by atoms with E-state index in [1.165, 1.54) is 29.0 Å². The molecule has 0 unspecified atom stereocenters. The van der Waals surface area contributed by atoms with Gasteiger partial charge in [0.1, 0.15) is 23.2 Å². The highest BCUT2D eigenvalue weighted by Gasteiger charge is 2.20. The molecule has 7 heteroatoms. The van der Waals surface area contributed by atoms with Gasteiger partial charge in [0.05, 0.1) is 17.8 Å². The van der Waals surface area contributed by atoms with E-state index in [9.17, 15) is 9.18 Å². The average Bonchev–Trinajstić information content (AvgIpc) is 3.20. The van der Waals surface area contributed by atoms with Gasteiger partial charge in [-0.1, -0.05) is 29.8 Å². The predicted octanol–water partition coefficient (Wildman–Crippen LogP) is 4.85. The Balaban J connectivity index is 1.66. The fourth-order valence-corrected chi connectivity index (χ4v) is 3.62. The van der Waals surface area contributed by atoms with Crippen LogP contribution in [0.25, 0.3) is 0 Å². The summed E-state index contributed by atoms with van der Waals surface area (Å²) in [7, 11) is 1.61. The number of amides is 1. The predicted molar refractivity (Wildman–Crippen MR) is 115 cm³/mol. The molecular formula is C23H25FN2O3S. The molecule has 0 atom stereocenters. The van der Waals surface area contributed by atoms with Gasteiger partial charge in [0.2, 0.25) is 0 Å². The van der Waals surface area contributed by atoms with Gasteiger partial charge in [-0.3, -0.25) is 4.79 Å². The number of benzene rings is 2. The van der Waals surface area contributed by atoms with Crippen LogP contribution in [0.1, 0.15) is 33.0 Å². The van der Waals surface area contributed by atoms with Crippen LogP contribution in [0.15, 0.2) is 53.9 Å². The number of methoxy groups -OCH3 is 1. The van der Waals surface area contributed by atoms with Crippen LogP contribution in [-0.2, 0) is 17.9 Å². The van der Waals surface area contributed by atoms with Crippen molar-refractivity contribution in [2.24, 2.45) is 0 Å². The van der Waals surface area contributed by atoms with Crippen molar-refractivity contribution in [2.75, 3.05) is 20.3 Å². The van der Waals surface area contributed by atoms with Gasteiger partial charge in [-0.25, -0.2) is 9.37 Å². The third-order valence-corrected chi connectivity index (χ3v) is 5.37. The maximum atomic E-state index is 14.1. The normalized spacial score (nSPS) is 10.8. The zero-order chi connectivity index (χ0) is 21.3. The summed E-state index contributed by atoms with van der Waals surface area (Å²) in [6, 6.07) is 13.9. The van der Waals surface area contributed by atoms with Crippen molar-refractivity contribution in [1.29, 1.82) is 0 Å². The van der Waals surface area contributed by atoms with Crippen LogP contribution in [0.4, 0.5) is 4.39 Å². The number of ether oxygens (including phenoxy) is 2. The third-order valence-electron chi connectivity index (χ3n) is 4.50. The molecule has 5 nitrogen and oxygen atoms in total. The van der Waals surface area contributed by atoms with Crippen molar-refractivity contribution in [3.05, 3.63) is 81.6 Å². The summed E-state index contributed by atoms with van der Waals surface area (Å²) in [5.41, 5.74) is 1.99. The highest BCUT2D eigenvalue weighted by atomic mass is 32.1. The minimum atomic E-state index is -0.523. The number of hydrogen-bond acceptors (Lipinski definition) is 5. The molecule has 158 valence electrons. The van der Waals surface area contributed by atoms with Crippen LogP contribution in [0, 0.1) is 12.7 Å². The van der Waals surface area contributed by atoms with Crippen LogP contribution in [0.2, 0.25) is 0 Å². The Labute approximate surface area is 180 Å². The molecule has 30 heavy (non-hydrogen) atoms. The highest BCUT2D eigenvalue weighted by molar-refractivity contribution is 7.09. The molecule has 1 amide bonds. The maximum absolute atomic E-state index is 14.1. The Morgan fingerprint density at radius 1 is 1.17 bits per heavy atom. The first-order valence-electron chi connectivity index (χ1n) is 9.72. The summed E-state index contributed by atoms with van der Waals surface area (Å²) in [4.78, 5) is 19.1. The molecule has 0 saturated carbocycles. The van der Waals surface area contributed by atoms with Crippen molar-refractivity contribution in [1.82, 2.24) is 9.88 Å². The first-order valence-corrected chi connectivity index (χ1v) is 10.6. The van der Waals surface area contributed by atoms with Gasteiger partial charge in [0.15, 0.2) is 0 Å². The number of carbonyl (C=O) groups excluding carboxylic acids is 1. The largest absolute Gasteiger partial charge is 0.486 e. The molecule has 1 aromatic heterocycles. The minimum absolute atomic E-state index is 0.0630. The smallest absolute Gasteiger partial charge is 0.257 e. The molecule has 0 saturated heterocycles.